The largest absolute Gasteiger partial charge is 0.393 e. The van der Waals surface area contributed by atoms with Crippen molar-refractivity contribution in [3.63, 3.8) is 0 Å². The summed E-state index contributed by atoms with van der Waals surface area (Å²) in [6.07, 6.45) is 22.8. The average molecular weight is 353 g/mol. The highest BCUT2D eigenvalue weighted by Crippen LogP contribution is 2.49. The highest BCUT2D eigenvalue weighted by molar-refractivity contribution is 5.49. The minimum Gasteiger partial charge on any atom is -0.393 e. The molecule has 0 aromatic carbocycles. The van der Waals surface area contributed by atoms with Gasteiger partial charge in [0.05, 0.1) is 6.10 Å². The number of carbonyl (C=O) groups is 2. The molecule has 1 rings (SSSR count). The molecule has 0 atom stereocenters. The van der Waals surface area contributed by atoms with Crippen molar-refractivity contribution in [1.29, 1.82) is 0 Å². The first-order chi connectivity index (χ1) is 12.2. The summed E-state index contributed by atoms with van der Waals surface area (Å²) >= 11 is 0. The number of aliphatic hydroxyl groups is 1. The van der Waals surface area contributed by atoms with Gasteiger partial charge < -0.3 is 14.7 Å². The van der Waals surface area contributed by atoms with E-state index in [0.29, 0.717) is 5.41 Å². The van der Waals surface area contributed by atoms with E-state index in [-0.39, 0.29) is 6.10 Å². The Kier molecular flexibility index (Phi) is 12.9. The van der Waals surface area contributed by atoms with Crippen LogP contribution in [-0.4, -0.2) is 23.8 Å². The highest BCUT2D eigenvalue weighted by atomic mass is 16.3. The molecule has 3 nitrogen and oxygen atoms in total. The first-order valence-electron chi connectivity index (χ1n) is 10.8. The maximum Gasteiger partial charge on any atom is 0.119 e. The van der Waals surface area contributed by atoms with Crippen molar-refractivity contribution < 1.29 is 14.7 Å². The Morgan fingerprint density at radius 1 is 0.640 bits per heavy atom. The zero-order chi connectivity index (χ0) is 18.2. The van der Waals surface area contributed by atoms with Crippen LogP contribution in [0.5, 0.6) is 0 Å². The third-order valence-electron chi connectivity index (χ3n) is 5.90. The molecular formula is C22H40O3. The van der Waals surface area contributed by atoms with Gasteiger partial charge in [-0.3, -0.25) is 0 Å². The quantitative estimate of drug-likeness (QED) is 0.252. The molecule has 0 spiro atoms. The minimum atomic E-state index is -0.0494. The first-order valence-corrected chi connectivity index (χ1v) is 10.8. The van der Waals surface area contributed by atoms with Gasteiger partial charge in [0.2, 0.25) is 0 Å². The Balaban J connectivity index is 2.01. The summed E-state index contributed by atoms with van der Waals surface area (Å²) in [5.74, 6) is 0. The van der Waals surface area contributed by atoms with Crippen molar-refractivity contribution in [2.24, 2.45) is 5.41 Å². The molecule has 3 heteroatoms. The van der Waals surface area contributed by atoms with E-state index in [4.69, 9.17) is 0 Å². The Labute approximate surface area is 155 Å². The molecule has 1 aliphatic carbocycles. The van der Waals surface area contributed by atoms with Gasteiger partial charge in [-0.05, 0) is 43.9 Å². The summed E-state index contributed by atoms with van der Waals surface area (Å²) in [6, 6.07) is 0. The first kappa shape index (κ1) is 22.3. The van der Waals surface area contributed by atoms with Gasteiger partial charge in [-0.25, -0.2) is 0 Å². The van der Waals surface area contributed by atoms with Crippen molar-refractivity contribution in [2.45, 2.75) is 122 Å². The monoisotopic (exact) mass is 352 g/mol. The third-order valence-corrected chi connectivity index (χ3v) is 5.90. The summed E-state index contributed by atoms with van der Waals surface area (Å²) in [5, 5.41) is 9.77. The van der Waals surface area contributed by atoms with Gasteiger partial charge in [-0.2, -0.15) is 0 Å². The normalized spacial score (nSPS) is 16.5. The lowest BCUT2D eigenvalue weighted by Crippen LogP contribution is -2.40. The zero-order valence-corrected chi connectivity index (χ0v) is 16.2. The van der Waals surface area contributed by atoms with Crippen LogP contribution < -0.4 is 0 Å². The molecule has 1 N–H and O–H groups in total. The van der Waals surface area contributed by atoms with E-state index in [0.717, 1.165) is 51.1 Å². The molecule has 25 heavy (non-hydrogen) atoms. The molecule has 0 aromatic rings. The Hall–Kier alpha value is -0.700. The number of rotatable bonds is 18. The second-order valence-electron chi connectivity index (χ2n) is 8.22. The third kappa shape index (κ3) is 10.8. The van der Waals surface area contributed by atoms with E-state index >= 15 is 0 Å². The maximum absolute atomic E-state index is 10.3. The van der Waals surface area contributed by atoms with Crippen molar-refractivity contribution >= 4 is 12.6 Å². The summed E-state index contributed by atoms with van der Waals surface area (Å²) in [6.45, 7) is 0. The summed E-state index contributed by atoms with van der Waals surface area (Å²) in [5.41, 5.74) is 0.439. The molecule has 0 radical (unpaired) electrons. The molecular weight excluding hydrogens is 312 g/mol. The van der Waals surface area contributed by atoms with Gasteiger partial charge in [0, 0.05) is 12.8 Å². The van der Waals surface area contributed by atoms with Crippen LogP contribution in [0.1, 0.15) is 116 Å². The minimum absolute atomic E-state index is 0.0494. The number of aliphatic hydroxyl groups excluding tert-OH is 1. The smallest absolute Gasteiger partial charge is 0.119 e. The van der Waals surface area contributed by atoms with Crippen LogP contribution in [-0.2, 0) is 9.59 Å². The van der Waals surface area contributed by atoms with Crippen LogP contribution in [0.2, 0.25) is 0 Å². The van der Waals surface area contributed by atoms with Crippen molar-refractivity contribution in [3.8, 4) is 0 Å². The number of hydrogen-bond donors (Lipinski definition) is 1. The fourth-order valence-corrected chi connectivity index (χ4v) is 4.34. The second kappa shape index (κ2) is 14.5. The number of unbranched alkanes of at least 4 members (excludes halogenated alkanes) is 12. The van der Waals surface area contributed by atoms with Crippen LogP contribution in [0.15, 0.2) is 0 Å². The van der Waals surface area contributed by atoms with Crippen LogP contribution in [0.4, 0.5) is 0 Å². The van der Waals surface area contributed by atoms with Gasteiger partial charge in [-0.1, -0.05) is 64.2 Å². The molecule has 1 aliphatic rings. The molecule has 0 aliphatic heterocycles. The fourth-order valence-electron chi connectivity index (χ4n) is 4.34. The maximum atomic E-state index is 10.3. The molecule has 0 saturated heterocycles. The Morgan fingerprint density at radius 3 is 1.36 bits per heavy atom. The van der Waals surface area contributed by atoms with Gasteiger partial charge >= 0.3 is 0 Å². The van der Waals surface area contributed by atoms with E-state index in [1.807, 2.05) is 0 Å². The van der Waals surface area contributed by atoms with Crippen LogP contribution in [0.3, 0.4) is 0 Å². The van der Waals surface area contributed by atoms with Crippen LogP contribution in [0.25, 0.3) is 0 Å². The molecule has 0 heterocycles. The predicted molar refractivity (Wildman–Crippen MR) is 104 cm³/mol. The average Bonchev–Trinajstić information content (AvgIpc) is 2.58. The molecule has 0 bridgehead atoms. The van der Waals surface area contributed by atoms with Gasteiger partial charge in [0.15, 0.2) is 0 Å². The van der Waals surface area contributed by atoms with E-state index in [2.05, 4.69) is 0 Å². The van der Waals surface area contributed by atoms with Crippen LogP contribution >= 0.6 is 0 Å². The van der Waals surface area contributed by atoms with Crippen molar-refractivity contribution in [3.05, 3.63) is 0 Å². The lowest BCUT2D eigenvalue weighted by Gasteiger charge is -2.46. The van der Waals surface area contributed by atoms with Crippen molar-refractivity contribution in [2.75, 3.05) is 0 Å². The number of hydrogen-bond acceptors (Lipinski definition) is 3. The highest BCUT2D eigenvalue weighted by Gasteiger charge is 2.41. The summed E-state index contributed by atoms with van der Waals surface area (Å²) in [7, 11) is 0. The van der Waals surface area contributed by atoms with E-state index in [9.17, 15) is 14.7 Å². The van der Waals surface area contributed by atoms with Gasteiger partial charge in [-0.15, -0.1) is 0 Å². The van der Waals surface area contributed by atoms with E-state index in [1.54, 1.807) is 0 Å². The van der Waals surface area contributed by atoms with Gasteiger partial charge in [0.1, 0.15) is 12.6 Å². The van der Waals surface area contributed by atoms with E-state index in [1.165, 1.54) is 77.0 Å². The lowest BCUT2D eigenvalue weighted by atomic mass is 9.61. The van der Waals surface area contributed by atoms with Crippen LogP contribution in [0, 0.1) is 5.41 Å². The summed E-state index contributed by atoms with van der Waals surface area (Å²) < 4.78 is 0. The molecule has 0 unspecified atom stereocenters. The van der Waals surface area contributed by atoms with E-state index < -0.39 is 0 Å². The predicted octanol–water partition coefficient (Wildman–Crippen LogP) is 5.77. The molecule has 1 saturated carbocycles. The van der Waals surface area contributed by atoms with Gasteiger partial charge in [0.25, 0.3) is 0 Å². The topological polar surface area (TPSA) is 54.4 Å². The molecule has 146 valence electrons. The zero-order valence-electron chi connectivity index (χ0n) is 16.2. The number of aldehydes is 2. The fraction of sp³-hybridized carbons (Fsp3) is 0.909. The Morgan fingerprint density at radius 2 is 1.00 bits per heavy atom. The molecule has 1 fully saturated rings. The summed E-state index contributed by atoms with van der Waals surface area (Å²) in [4.78, 5) is 20.5. The molecule has 0 aromatic heterocycles. The SMILES string of the molecule is O=CCCCCCCCCC1(CCCCCCCCC=O)CC(O)C1. The number of carbonyl (C=O) groups excluding carboxylic acids is 2. The lowest BCUT2D eigenvalue weighted by molar-refractivity contribution is -0.108. The Bertz CT molecular complexity index is 308. The standard InChI is InChI=1S/C22H40O3/c23-17-13-9-5-1-3-7-11-15-22(19-21(25)20-22)16-12-8-4-2-6-10-14-18-24/h17-18,21,25H,1-16,19-20H2. The molecule has 0 amide bonds. The second-order valence-corrected chi connectivity index (χ2v) is 8.22. The van der Waals surface area contributed by atoms with Crippen molar-refractivity contribution in [1.82, 2.24) is 0 Å².